The van der Waals surface area contributed by atoms with Crippen LogP contribution in [0.1, 0.15) is 42.3 Å². The van der Waals surface area contributed by atoms with E-state index in [1.54, 1.807) is 12.1 Å². The van der Waals surface area contributed by atoms with Crippen LogP contribution in [0, 0.1) is 5.82 Å². The predicted molar refractivity (Wildman–Crippen MR) is 110 cm³/mol. The lowest BCUT2D eigenvalue weighted by atomic mass is 9.96. The first-order chi connectivity index (χ1) is 14.2. The van der Waals surface area contributed by atoms with Gasteiger partial charge >= 0.3 is 0 Å². The molecule has 2 atom stereocenters. The Balaban J connectivity index is 1.52. The smallest absolute Gasteiger partial charge is 0.213 e. The summed E-state index contributed by atoms with van der Waals surface area (Å²) in [5, 5.41) is 6.93. The average molecular weight is 388 g/mol. The Kier molecular flexibility index (Phi) is 4.43. The van der Waals surface area contributed by atoms with E-state index in [9.17, 15) is 4.39 Å². The van der Waals surface area contributed by atoms with Crippen LogP contribution in [0.2, 0.25) is 0 Å². The minimum absolute atomic E-state index is 0.0802. The number of halogens is 1. The molecule has 2 aliphatic rings. The van der Waals surface area contributed by atoms with Crippen molar-refractivity contribution in [2.24, 2.45) is 5.10 Å². The van der Waals surface area contributed by atoms with Crippen LogP contribution in [0.5, 0.6) is 11.5 Å². The second-order valence-corrected chi connectivity index (χ2v) is 7.16. The number of benzene rings is 3. The number of hydrazone groups is 1. The highest BCUT2D eigenvalue weighted by molar-refractivity contribution is 6.02. The summed E-state index contributed by atoms with van der Waals surface area (Å²) in [6.07, 6.45) is 0.391. The zero-order chi connectivity index (χ0) is 19.8. The Morgan fingerprint density at radius 1 is 1.03 bits per heavy atom. The quantitative estimate of drug-likeness (QED) is 0.595. The first-order valence-electron chi connectivity index (χ1n) is 9.83. The molecule has 0 aliphatic carbocycles. The molecule has 0 unspecified atom stereocenters. The van der Waals surface area contributed by atoms with Gasteiger partial charge in [-0.3, -0.25) is 0 Å². The van der Waals surface area contributed by atoms with Crippen molar-refractivity contribution in [1.82, 2.24) is 5.01 Å². The molecule has 2 heterocycles. The third-order valence-corrected chi connectivity index (χ3v) is 5.35. The van der Waals surface area contributed by atoms with Gasteiger partial charge in [0.2, 0.25) is 6.23 Å². The molecule has 3 aromatic rings. The van der Waals surface area contributed by atoms with E-state index in [0.717, 1.165) is 40.3 Å². The van der Waals surface area contributed by atoms with E-state index < -0.39 is 6.23 Å². The molecule has 0 fully saturated rings. The van der Waals surface area contributed by atoms with Gasteiger partial charge in [0.25, 0.3) is 0 Å². The monoisotopic (exact) mass is 388 g/mol. The average Bonchev–Trinajstić information content (AvgIpc) is 3.20. The van der Waals surface area contributed by atoms with Crippen LogP contribution in [0.25, 0.3) is 0 Å². The molecule has 5 heteroatoms. The second-order valence-electron chi connectivity index (χ2n) is 7.16. The third kappa shape index (κ3) is 3.23. The van der Waals surface area contributed by atoms with E-state index in [0.29, 0.717) is 6.61 Å². The minimum atomic E-state index is -0.393. The highest BCUT2D eigenvalue weighted by Crippen LogP contribution is 2.47. The van der Waals surface area contributed by atoms with Crippen molar-refractivity contribution >= 4 is 5.71 Å². The van der Waals surface area contributed by atoms with Crippen LogP contribution in [-0.2, 0) is 0 Å². The van der Waals surface area contributed by atoms with Crippen molar-refractivity contribution in [2.45, 2.75) is 25.6 Å². The van der Waals surface area contributed by atoms with Crippen molar-refractivity contribution in [1.29, 1.82) is 0 Å². The predicted octanol–water partition coefficient (Wildman–Crippen LogP) is 5.47. The summed E-state index contributed by atoms with van der Waals surface area (Å²) in [6, 6.07) is 22.6. The molecule has 5 rings (SSSR count). The Hall–Kier alpha value is -3.34. The lowest BCUT2D eigenvalue weighted by Gasteiger charge is -2.38. The number of fused-ring (bicyclic) bond motifs is 3. The molecular weight excluding hydrogens is 367 g/mol. The van der Waals surface area contributed by atoms with E-state index in [1.165, 1.54) is 12.1 Å². The molecule has 0 amide bonds. The number of hydrogen-bond acceptors (Lipinski definition) is 4. The van der Waals surface area contributed by atoms with Gasteiger partial charge in [0.05, 0.1) is 18.4 Å². The summed E-state index contributed by atoms with van der Waals surface area (Å²) < 4.78 is 25.3. The largest absolute Gasteiger partial charge is 0.494 e. The van der Waals surface area contributed by atoms with Gasteiger partial charge in [-0.25, -0.2) is 9.40 Å². The normalized spacial score (nSPS) is 19.8. The number of para-hydroxylation sites is 1. The standard InChI is InChI=1S/C24H21FN2O2/c1-2-28-19-13-9-16(10-14-19)21-15-22-20-5-3-4-6-23(20)29-24(27(22)26-21)17-7-11-18(25)12-8-17/h3-14,22,24H,2,15H2,1H3/t22-,24+/m1/s1. The van der Waals surface area contributed by atoms with Crippen LogP contribution in [0.4, 0.5) is 4.39 Å². The fourth-order valence-corrected chi connectivity index (χ4v) is 3.97. The maximum absolute atomic E-state index is 13.4. The molecule has 4 nitrogen and oxygen atoms in total. The Morgan fingerprint density at radius 2 is 1.79 bits per heavy atom. The molecule has 0 bridgehead atoms. The van der Waals surface area contributed by atoms with E-state index in [2.05, 4.69) is 6.07 Å². The Morgan fingerprint density at radius 3 is 2.55 bits per heavy atom. The van der Waals surface area contributed by atoms with Gasteiger partial charge in [0.15, 0.2) is 0 Å². The maximum Gasteiger partial charge on any atom is 0.213 e. The molecule has 0 N–H and O–H groups in total. The number of ether oxygens (including phenoxy) is 2. The molecule has 0 aromatic heterocycles. The highest BCUT2D eigenvalue weighted by Gasteiger charge is 2.40. The maximum atomic E-state index is 13.4. The van der Waals surface area contributed by atoms with Crippen molar-refractivity contribution in [3.63, 3.8) is 0 Å². The summed E-state index contributed by atoms with van der Waals surface area (Å²) in [4.78, 5) is 0. The van der Waals surface area contributed by atoms with E-state index >= 15 is 0 Å². The van der Waals surface area contributed by atoms with E-state index in [-0.39, 0.29) is 11.9 Å². The van der Waals surface area contributed by atoms with Gasteiger partial charge in [-0.2, -0.15) is 5.10 Å². The van der Waals surface area contributed by atoms with Crippen LogP contribution < -0.4 is 9.47 Å². The summed E-state index contributed by atoms with van der Waals surface area (Å²) in [7, 11) is 0. The van der Waals surface area contributed by atoms with E-state index in [1.807, 2.05) is 54.4 Å². The van der Waals surface area contributed by atoms with Crippen LogP contribution in [-0.4, -0.2) is 17.3 Å². The molecule has 2 aliphatic heterocycles. The molecule has 0 saturated heterocycles. The summed E-state index contributed by atoms with van der Waals surface area (Å²) in [5.41, 5.74) is 4.07. The molecule has 29 heavy (non-hydrogen) atoms. The molecule has 0 spiro atoms. The molecule has 146 valence electrons. The minimum Gasteiger partial charge on any atom is -0.494 e. The third-order valence-electron chi connectivity index (χ3n) is 5.35. The van der Waals surface area contributed by atoms with Crippen LogP contribution in [0.3, 0.4) is 0 Å². The van der Waals surface area contributed by atoms with E-state index in [4.69, 9.17) is 14.6 Å². The molecule has 0 radical (unpaired) electrons. The fourth-order valence-electron chi connectivity index (χ4n) is 3.97. The molecule has 0 saturated carbocycles. The van der Waals surface area contributed by atoms with Crippen LogP contribution in [0.15, 0.2) is 77.9 Å². The molecule has 3 aromatic carbocycles. The summed E-state index contributed by atoms with van der Waals surface area (Å²) in [6.45, 7) is 2.61. The Bertz CT molecular complexity index is 1050. The van der Waals surface area contributed by atoms with Gasteiger partial charge in [-0.05, 0) is 55.0 Å². The molecular formula is C24H21FN2O2. The van der Waals surface area contributed by atoms with Gasteiger partial charge in [0, 0.05) is 17.5 Å². The van der Waals surface area contributed by atoms with Crippen LogP contribution >= 0.6 is 0 Å². The number of hydrogen-bond donors (Lipinski definition) is 0. The lowest BCUT2D eigenvalue weighted by Crippen LogP contribution is -2.33. The zero-order valence-electron chi connectivity index (χ0n) is 16.1. The fraction of sp³-hybridized carbons (Fsp3) is 0.208. The van der Waals surface area contributed by atoms with Gasteiger partial charge < -0.3 is 9.47 Å². The summed E-state index contributed by atoms with van der Waals surface area (Å²) >= 11 is 0. The topological polar surface area (TPSA) is 34.1 Å². The first kappa shape index (κ1) is 17.7. The van der Waals surface area contributed by atoms with Crippen molar-refractivity contribution < 1.29 is 13.9 Å². The van der Waals surface area contributed by atoms with Crippen molar-refractivity contribution in [2.75, 3.05) is 6.61 Å². The zero-order valence-corrected chi connectivity index (χ0v) is 16.1. The van der Waals surface area contributed by atoms with Gasteiger partial charge in [-0.1, -0.05) is 30.3 Å². The Labute approximate surface area is 169 Å². The SMILES string of the molecule is CCOc1ccc(C2=NN3[C@H](C2)c2ccccc2O[C@H]3c2ccc(F)cc2)cc1. The van der Waals surface area contributed by atoms with Crippen molar-refractivity contribution in [3.8, 4) is 11.5 Å². The van der Waals surface area contributed by atoms with Gasteiger partial charge in [-0.15, -0.1) is 0 Å². The summed E-state index contributed by atoms with van der Waals surface area (Å²) in [5.74, 6) is 1.44. The second kappa shape index (κ2) is 7.24. The van der Waals surface area contributed by atoms with Gasteiger partial charge in [0.1, 0.15) is 17.3 Å². The first-order valence-corrected chi connectivity index (χ1v) is 9.83. The highest BCUT2D eigenvalue weighted by atomic mass is 19.1. The number of rotatable bonds is 4. The number of nitrogens with zero attached hydrogens (tertiary/aromatic N) is 2. The van der Waals surface area contributed by atoms with Crippen molar-refractivity contribution in [3.05, 3.63) is 95.3 Å². The lowest BCUT2D eigenvalue weighted by molar-refractivity contribution is -0.0190.